The van der Waals surface area contributed by atoms with Crippen LogP contribution >= 0.6 is 55.8 Å². The van der Waals surface area contributed by atoms with Crippen molar-refractivity contribution in [3.63, 3.8) is 0 Å². The van der Waals surface area contributed by atoms with E-state index in [1.807, 2.05) is 54.6 Å². The van der Waals surface area contributed by atoms with Crippen molar-refractivity contribution in [1.29, 1.82) is 0 Å². The third kappa shape index (κ3) is 39.1. The summed E-state index contributed by atoms with van der Waals surface area (Å²) in [7, 11) is 37.3. The highest BCUT2D eigenvalue weighted by Crippen LogP contribution is 2.34. The first-order chi connectivity index (χ1) is 30.6. The quantitative estimate of drug-likeness (QED) is 0.0925. The van der Waals surface area contributed by atoms with E-state index in [9.17, 15) is 0 Å². The van der Waals surface area contributed by atoms with E-state index < -0.39 is 0 Å². The monoisotopic (exact) mass is 1370 g/mol. The zero-order chi connectivity index (χ0) is 45.0. The molecule has 0 saturated heterocycles. The molecule has 5 rings (SSSR count). The van der Waals surface area contributed by atoms with E-state index >= 15 is 0 Å². The van der Waals surface area contributed by atoms with E-state index in [1.165, 1.54) is 41.8 Å². The Labute approximate surface area is 462 Å². The Morgan fingerprint density at radius 1 is 0.444 bits per heavy atom. The molecular formula is C28H31N3O4S28. The third-order valence-electron chi connectivity index (χ3n) is 5.13. The van der Waals surface area contributed by atoms with Crippen LogP contribution in [0.25, 0.3) is 0 Å². The summed E-state index contributed by atoms with van der Waals surface area (Å²) in [6, 6.07) is 17.6. The number of hydrogen-bond donors (Lipinski definition) is 3. The number of furan rings is 2. The van der Waals surface area contributed by atoms with Gasteiger partial charge in [0.2, 0.25) is 0 Å². The van der Waals surface area contributed by atoms with Crippen molar-refractivity contribution in [2.45, 2.75) is 47.2 Å². The standard InChI is InChI=1S/C11H11NO2S2.C10H8N2S2.C6H8O2S.CH4.S12.S11/c13-5-9-6-14-7-10(9)8-15-16-11-3-1-2-4-12-11;1-3-7-11-9(5-1)13-14-10-6-2-4-8-12-10;7-1-5-2-8-3-6(5)4-9;;1-3-5-7-9-11-12-10-8-6-4-2;1-3-5-7-9-11-10-8-6-4-2/h1-4,6-7,13H,5,8H2;1-8H;2-3,7,9H,1,4H2;1H4;;. The van der Waals surface area contributed by atoms with Gasteiger partial charge in [0.25, 0.3) is 0 Å². The van der Waals surface area contributed by atoms with Gasteiger partial charge in [-0.25, -0.2) is 15.0 Å². The zero-order valence-electron chi connectivity index (χ0n) is 30.1. The molecule has 0 aliphatic heterocycles. The van der Waals surface area contributed by atoms with Crippen LogP contribution < -0.4 is 0 Å². The molecule has 2 N–H and O–H groups in total. The van der Waals surface area contributed by atoms with Crippen molar-refractivity contribution in [2.24, 2.45) is 0 Å². The fourth-order valence-electron chi connectivity index (χ4n) is 2.84. The van der Waals surface area contributed by atoms with Crippen LogP contribution in [0.3, 0.4) is 0 Å². The molecule has 0 aliphatic carbocycles. The van der Waals surface area contributed by atoms with E-state index in [4.69, 9.17) is 19.0 Å². The maximum absolute atomic E-state index is 9.04. The van der Waals surface area contributed by atoms with Gasteiger partial charge in [0.05, 0.1) is 38.3 Å². The first-order valence-electron chi connectivity index (χ1n) is 15.0. The number of pyridine rings is 3. The normalized spacial score (nSPS) is 8.87. The minimum absolute atomic E-state index is 0. The van der Waals surface area contributed by atoms with E-state index in [0.717, 1.165) is 43.1 Å². The first-order valence-corrected chi connectivity index (χ1v) is 48.1. The summed E-state index contributed by atoms with van der Waals surface area (Å²) in [6.45, 7) is 0.0625. The topological polar surface area (TPSA) is 105 Å². The molecule has 0 radical (unpaired) electrons. The molecule has 35 heteroatoms. The van der Waals surface area contributed by atoms with Crippen molar-refractivity contribution in [3.05, 3.63) is 120 Å². The van der Waals surface area contributed by atoms with Gasteiger partial charge in [-0.2, -0.15) is 12.6 Å². The molecular weight excluding hydrogens is 1340 g/mol. The molecule has 5 aromatic rings. The summed E-state index contributed by atoms with van der Waals surface area (Å²) in [6.07, 6.45) is 11.8. The predicted molar refractivity (Wildman–Crippen MR) is 340 cm³/mol. The lowest BCUT2D eigenvalue weighted by Crippen LogP contribution is -1.85. The number of nitrogens with zero attached hydrogens (tertiary/aromatic N) is 3. The summed E-state index contributed by atoms with van der Waals surface area (Å²) in [4.78, 5) is 12.6. The largest absolute Gasteiger partial charge is 0.472 e. The first kappa shape index (κ1) is 65.7. The highest BCUT2D eigenvalue weighted by atomic mass is 33.5. The second kappa shape index (κ2) is 51.1. The molecule has 0 unspecified atom stereocenters. The predicted octanol–water partition coefficient (Wildman–Crippen LogP) is 8.17. The number of hydrogen-bond acceptors (Lipinski definition) is 16. The van der Waals surface area contributed by atoms with Crippen LogP contribution in [0.2, 0.25) is 0 Å². The Balaban J connectivity index is 0.000000770. The van der Waals surface area contributed by atoms with Gasteiger partial charge >= 0.3 is 0 Å². The van der Waals surface area contributed by atoms with Gasteiger partial charge < -0.3 is 19.0 Å². The van der Waals surface area contributed by atoms with Gasteiger partial charge in [-0.3, -0.25) is 0 Å². The minimum atomic E-state index is 0. The number of thiol groups is 1. The highest BCUT2D eigenvalue weighted by Gasteiger charge is 2.05. The lowest BCUT2D eigenvalue weighted by molar-refractivity contribution is 0.279. The van der Waals surface area contributed by atoms with E-state index in [-0.39, 0.29) is 20.6 Å². The molecule has 0 spiro atoms. The molecule has 0 fully saturated rings. The highest BCUT2D eigenvalue weighted by molar-refractivity contribution is 8.77. The third-order valence-corrected chi connectivity index (χ3v) is 47.6. The fraction of sp³-hybridized carbons (Fsp3) is 0.179. The van der Waals surface area contributed by atoms with E-state index in [1.54, 1.807) is 214 Å². The van der Waals surface area contributed by atoms with Crippen molar-refractivity contribution in [3.8, 4) is 0 Å². The molecule has 350 valence electrons. The number of aliphatic hydroxyl groups excluding tert-OH is 2. The van der Waals surface area contributed by atoms with E-state index in [0.29, 0.717) is 5.75 Å². The van der Waals surface area contributed by atoms with Gasteiger partial charge in [0.1, 0.15) is 15.1 Å². The Bertz CT molecular complexity index is 2730. The Hall–Kier alpha value is 2.74. The van der Waals surface area contributed by atoms with Crippen LogP contribution in [-0.2, 0) is 238 Å². The molecule has 0 amide bonds. The average Bonchev–Trinajstić information content (AvgIpc) is 4.00. The number of aromatic nitrogens is 3. The second-order valence-electron chi connectivity index (χ2n) is 8.63. The Morgan fingerprint density at radius 3 is 1.06 bits per heavy atom. The minimum Gasteiger partial charge on any atom is -0.472 e. The average molecular weight is 1370 g/mol. The zero-order valence-corrected chi connectivity index (χ0v) is 53.0. The molecule has 63 heavy (non-hydrogen) atoms. The Kier molecular flexibility index (Phi) is 53.3. The summed E-state index contributed by atoms with van der Waals surface area (Å²) in [5, 5.41) is 20.7. The van der Waals surface area contributed by atoms with Gasteiger partial charge in [-0.1, -0.05) is 36.4 Å². The van der Waals surface area contributed by atoms with Crippen LogP contribution in [0, 0.1) is 0 Å². The molecule has 0 atom stereocenters. The molecule has 0 aromatic carbocycles. The van der Waals surface area contributed by atoms with Crippen LogP contribution in [0.4, 0.5) is 0 Å². The Morgan fingerprint density at radius 2 is 0.762 bits per heavy atom. The maximum atomic E-state index is 9.04. The van der Waals surface area contributed by atoms with Crippen molar-refractivity contribution in [1.82, 2.24) is 15.0 Å². The van der Waals surface area contributed by atoms with Gasteiger partial charge in [-0.15, -0.1) is 0 Å². The lowest BCUT2D eigenvalue weighted by Gasteiger charge is -1.99. The smallest absolute Gasteiger partial charge is 0.107 e. The van der Waals surface area contributed by atoms with Gasteiger partial charge in [0, 0.05) is 266 Å². The number of rotatable bonds is 10. The molecule has 0 aliphatic rings. The maximum Gasteiger partial charge on any atom is 0.107 e. The van der Waals surface area contributed by atoms with Crippen LogP contribution in [-0.4, -0.2) is 25.2 Å². The summed E-state index contributed by atoms with van der Waals surface area (Å²) in [5.41, 5.74) is 3.68. The summed E-state index contributed by atoms with van der Waals surface area (Å²) < 4.78 is 9.86. The molecule has 0 bridgehead atoms. The SMILES string of the molecule is C.OCc1cocc1CS.OCc1cocc1CSSc1ccccn1.S=S=S=S=S=S=S=S=S=S=S.S=S=S=S=S=S=S=S=S=S=S=S.c1ccc(SSc2ccccn2)nc1. The van der Waals surface area contributed by atoms with Crippen LogP contribution in [0.15, 0.2) is 122 Å². The molecule has 7 nitrogen and oxygen atoms in total. The fourth-order valence-corrected chi connectivity index (χ4v) is 48.0. The van der Waals surface area contributed by atoms with Crippen molar-refractivity contribution >= 4 is 269 Å². The van der Waals surface area contributed by atoms with Crippen LogP contribution in [0.5, 0.6) is 0 Å². The molecule has 5 aromatic heterocycles. The van der Waals surface area contributed by atoms with E-state index in [2.05, 4.69) is 72.3 Å². The molecule has 5 heterocycles. The molecule has 0 saturated carbocycles. The van der Waals surface area contributed by atoms with Crippen LogP contribution in [0.1, 0.15) is 29.7 Å². The number of aliphatic hydroxyl groups is 2. The lowest BCUT2D eigenvalue weighted by atomic mass is 10.2. The summed E-state index contributed by atoms with van der Waals surface area (Å²) >= 11 is 22.8. The summed E-state index contributed by atoms with van der Waals surface area (Å²) in [5.74, 6) is 1.42. The van der Waals surface area contributed by atoms with Crippen molar-refractivity contribution in [2.75, 3.05) is 0 Å². The van der Waals surface area contributed by atoms with Gasteiger partial charge in [0.15, 0.2) is 0 Å². The van der Waals surface area contributed by atoms with Gasteiger partial charge in [-0.05, 0) is 68.8 Å². The second-order valence-corrected chi connectivity index (χ2v) is 47.0. The van der Waals surface area contributed by atoms with Crippen molar-refractivity contribution < 1.29 is 19.0 Å².